The summed E-state index contributed by atoms with van der Waals surface area (Å²) in [6, 6.07) is 12.4. The number of carboxylic acids is 2. The summed E-state index contributed by atoms with van der Waals surface area (Å²) in [5.41, 5.74) is 1.39. The van der Waals surface area contributed by atoms with E-state index in [1.807, 2.05) is 0 Å². The van der Waals surface area contributed by atoms with Crippen molar-refractivity contribution in [1.29, 1.82) is 0 Å². The van der Waals surface area contributed by atoms with Gasteiger partial charge in [-0.1, -0.05) is 70.1 Å². The molecule has 0 fully saturated rings. The predicted octanol–water partition coefficient (Wildman–Crippen LogP) is 4.39. The van der Waals surface area contributed by atoms with Crippen molar-refractivity contribution in [3.05, 3.63) is 110 Å². The van der Waals surface area contributed by atoms with E-state index in [-0.39, 0.29) is 44.3 Å². The molecule has 0 amide bonds. The molecule has 0 unspecified atom stereocenters. The number of hydrogen-bond donors (Lipinski definition) is 2. The van der Waals surface area contributed by atoms with Crippen LogP contribution in [0.25, 0.3) is 0 Å². The van der Waals surface area contributed by atoms with Gasteiger partial charge in [0.1, 0.15) is 10.3 Å². The maximum Gasteiger partial charge on any atom is 0.335 e. The lowest BCUT2D eigenvalue weighted by atomic mass is 10.1. The molecule has 0 aliphatic heterocycles. The zero-order valence-electron chi connectivity index (χ0n) is 19.1. The van der Waals surface area contributed by atoms with E-state index in [9.17, 15) is 19.2 Å². The van der Waals surface area contributed by atoms with Gasteiger partial charge in [-0.05, 0) is 35.4 Å². The van der Waals surface area contributed by atoms with E-state index in [2.05, 4.69) is 10.2 Å². The van der Waals surface area contributed by atoms with Crippen LogP contribution in [0.2, 0.25) is 10.3 Å². The SMILES string of the molecule is O=C(O)c1cccc(Cn2c(Cl)c(/C=N\N=C/c3sc(=O)n(Cc4cccc(C(=O)O)c4)c3Cl)sc2=O)c1. The first-order valence-electron chi connectivity index (χ1n) is 10.6. The summed E-state index contributed by atoms with van der Waals surface area (Å²) in [5, 5.41) is 26.4. The van der Waals surface area contributed by atoms with Crippen molar-refractivity contribution in [2.45, 2.75) is 13.1 Å². The van der Waals surface area contributed by atoms with E-state index in [1.165, 1.54) is 45.8 Å². The van der Waals surface area contributed by atoms with Gasteiger partial charge in [-0.25, -0.2) is 9.59 Å². The number of rotatable bonds is 9. The lowest BCUT2D eigenvalue weighted by molar-refractivity contribution is 0.0686. The van der Waals surface area contributed by atoms with Crippen molar-refractivity contribution in [2.24, 2.45) is 10.2 Å². The molecule has 2 aromatic carbocycles. The van der Waals surface area contributed by atoms with E-state index < -0.39 is 11.9 Å². The molecule has 0 spiro atoms. The second kappa shape index (κ2) is 11.7. The molecule has 0 aliphatic carbocycles. The Morgan fingerprint density at radius 1 is 0.763 bits per heavy atom. The Morgan fingerprint density at radius 2 is 1.16 bits per heavy atom. The van der Waals surface area contributed by atoms with Gasteiger partial charge in [-0.15, -0.1) is 0 Å². The summed E-state index contributed by atoms with van der Waals surface area (Å²) in [4.78, 5) is 47.2. The van der Waals surface area contributed by atoms with Crippen LogP contribution < -0.4 is 9.75 Å². The monoisotopic (exact) mass is 590 g/mol. The minimum Gasteiger partial charge on any atom is -0.478 e. The average Bonchev–Trinajstić information content (AvgIpc) is 3.31. The van der Waals surface area contributed by atoms with E-state index in [1.54, 1.807) is 24.3 Å². The second-order valence-corrected chi connectivity index (χ2v) is 10.4. The van der Waals surface area contributed by atoms with E-state index in [4.69, 9.17) is 33.4 Å². The third-order valence-corrected chi connectivity index (χ3v) is 8.03. The van der Waals surface area contributed by atoms with Crippen LogP contribution in [0.1, 0.15) is 41.6 Å². The topological polar surface area (TPSA) is 143 Å². The van der Waals surface area contributed by atoms with E-state index in [0.717, 1.165) is 22.7 Å². The van der Waals surface area contributed by atoms with Crippen molar-refractivity contribution in [2.75, 3.05) is 0 Å². The average molecular weight is 591 g/mol. The first-order chi connectivity index (χ1) is 18.1. The molecule has 4 rings (SSSR count). The fourth-order valence-corrected chi connectivity index (χ4v) is 5.58. The van der Waals surface area contributed by atoms with Crippen molar-refractivity contribution >= 4 is 70.2 Å². The summed E-state index contributed by atoms with van der Waals surface area (Å²) in [5.74, 6) is -2.15. The standard InChI is InChI=1S/C24H16Cl2N4O6S2/c25-19-17(37-23(35)29(19)11-13-3-1-5-15(7-13)21(31)32)9-27-28-10-18-20(26)30(24(36)38-18)12-14-4-2-6-16(8-14)22(33)34/h1-10H,11-12H2,(H,31,32)(H,33,34)/b27-9-,28-10-. The Hall–Kier alpha value is -3.84. The Balaban J connectivity index is 1.49. The number of aromatic carboxylic acids is 2. The molecule has 2 aromatic heterocycles. The molecule has 38 heavy (non-hydrogen) atoms. The molecule has 2 heterocycles. The summed E-state index contributed by atoms with van der Waals surface area (Å²) in [6.45, 7) is 0.164. The summed E-state index contributed by atoms with van der Waals surface area (Å²) < 4.78 is 2.58. The van der Waals surface area contributed by atoms with Gasteiger partial charge in [0, 0.05) is 0 Å². The number of halogens is 2. The highest BCUT2D eigenvalue weighted by Gasteiger charge is 2.14. The van der Waals surface area contributed by atoms with Crippen molar-refractivity contribution in [3.8, 4) is 0 Å². The van der Waals surface area contributed by atoms with Gasteiger partial charge >= 0.3 is 21.7 Å². The lowest BCUT2D eigenvalue weighted by Crippen LogP contribution is -2.14. The van der Waals surface area contributed by atoms with Crippen molar-refractivity contribution in [3.63, 3.8) is 0 Å². The summed E-state index contributed by atoms with van der Waals surface area (Å²) in [7, 11) is 0. The molecule has 4 aromatic rings. The maximum absolute atomic E-state index is 12.4. The van der Waals surface area contributed by atoms with Crippen LogP contribution in [-0.2, 0) is 13.1 Å². The van der Waals surface area contributed by atoms with Gasteiger partial charge in [0.05, 0.1) is 46.4 Å². The largest absolute Gasteiger partial charge is 0.478 e. The number of thiazole rings is 2. The minimum atomic E-state index is -1.07. The van der Waals surface area contributed by atoms with Crippen LogP contribution in [0.5, 0.6) is 0 Å². The van der Waals surface area contributed by atoms with E-state index in [0.29, 0.717) is 20.9 Å². The van der Waals surface area contributed by atoms with Crippen LogP contribution in [0.4, 0.5) is 0 Å². The molecule has 0 aliphatic rings. The Bertz CT molecular complexity index is 1590. The van der Waals surface area contributed by atoms with E-state index >= 15 is 0 Å². The quantitative estimate of drug-likeness (QED) is 0.218. The molecule has 194 valence electrons. The van der Waals surface area contributed by atoms with Crippen LogP contribution in [0.3, 0.4) is 0 Å². The highest BCUT2D eigenvalue weighted by molar-refractivity contribution is 7.12. The Labute approximate surface area is 232 Å². The van der Waals surface area contributed by atoms with Crippen molar-refractivity contribution < 1.29 is 19.8 Å². The summed E-state index contributed by atoms with van der Waals surface area (Å²) >= 11 is 14.4. The smallest absolute Gasteiger partial charge is 0.335 e. The molecule has 14 heteroatoms. The Kier molecular flexibility index (Phi) is 8.37. The third kappa shape index (κ3) is 6.17. The van der Waals surface area contributed by atoms with Crippen LogP contribution in [0, 0.1) is 0 Å². The number of carbonyl (C=O) groups is 2. The Morgan fingerprint density at radius 3 is 1.53 bits per heavy atom. The van der Waals surface area contributed by atoms with Crippen LogP contribution in [0.15, 0.2) is 68.3 Å². The van der Waals surface area contributed by atoms with Crippen LogP contribution >= 0.6 is 45.9 Å². The van der Waals surface area contributed by atoms with Gasteiger partial charge in [0.2, 0.25) is 0 Å². The fourth-order valence-electron chi connectivity index (χ4n) is 3.38. The molecule has 0 saturated heterocycles. The van der Waals surface area contributed by atoms with Gasteiger partial charge in [-0.3, -0.25) is 18.7 Å². The molecule has 0 atom stereocenters. The number of aromatic nitrogens is 2. The number of nitrogens with zero attached hydrogens (tertiary/aromatic N) is 4. The number of hydrogen-bond acceptors (Lipinski definition) is 8. The molecule has 0 saturated carbocycles. The number of benzene rings is 2. The second-order valence-electron chi connectivity index (χ2n) is 7.72. The predicted molar refractivity (Wildman–Crippen MR) is 147 cm³/mol. The third-order valence-electron chi connectivity index (χ3n) is 5.16. The molecular formula is C24H16Cl2N4O6S2. The van der Waals surface area contributed by atoms with Crippen molar-refractivity contribution in [1.82, 2.24) is 9.13 Å². The molecule has 2 N–H and O–H groups in total. The molecule has 10 nitrogen and oxygen atoms in total. The normalized spacial score (nSPS) is 11.5. The molecule has 0 radical (unpaired) electrons. The fraction of sp³-hybridized carbons (Fsp3) is 0.0833. The maximum atomic E-state index is 12.4. The van der Waals surface area contributed by atoms with Gasteiger partial charge in [0.15, 0.2) is 0 Å². The van der Waals surface area contributed by atoms with Gasteiger partial charge in [0.25, 0.3) is 0 Å². The first kappa shape index (κ1) is 27.2. The van der Waals surface area contributed by atoms with Gasteiger partial charge < -0.3 is 10.2 Å². The summed E-state index contributed by atoms with van der Waals surface area (Å²) in [6.07, 6.45) is 2.58. The first-order valence-corrected chi connectivity index (χ1v) is 13.0. The van der Waals surface area contributed by atoms with Gasteiger partial charge in [-0.2, -0.15) is 10.2 Å². The molecule has 0 bridgehead atoms. The minimum absolute atomic E-state index is 0.0822. The zero-order chi connectivity index (χ0) is 27.4. The number of carboxylic acid groups (broad SMARTS) is 2. The lowest BCUT2D eigenvalue weighted by Gasteiger charge is -2.05. The zero-order valence-corrected chi connectivity index (χ0v) is 22.2. The molecular weight excluding hydrogens is 575 g/mol. The highest BCUT2D eigenvalue weighted by Crippen LogP contribution is 2.20. The van der Waals surface area contributed by atoms with Crippen LogP contribution in [-0.4, -0.2) is 43.7 Å². The highest BCUT2D eigenvalue weighted by atomic mass is 35.5.